The largest absolute Gasteiger partial charge is 0.285 e. The van der Waals surface area contributed by atoms with Gasteiger partial charge in [0.15, 0.2) is 0 Å². The molecular formula is C4H6NOS+. The van der Waals surface area contributed by atoms with Gasteiger partial charge in [-0.25, -0.2) is 0 Å². The number of hydrogen-bond acceptors (Lipinski definition) is 2. The van der Waals surface area contributed by atoms with Crippen molar-refractivity contribution in [2.24, 2.45) is 0 Å². The number of aromatic nitrogens is 1. The average Bonchev–Trinajstić information content (AvgIpc) is 1.91. The Morgan fingerprint density at radius 1 is 1.86 bits per heavy atom. The van der Waals surface area contributed by atoms with Gasteiger partial charge < -0.3 is 0 Å². The molecule has 0 saturated heterocycles. The van der Waals surface area contributed by atoms with Crippen LogP contribution in [0.25, 0.3) is 0 Å². The van der Waals surface area contributed by atoms with Gasteiger partial charge in [0.1, 0.15) is 0 Å². The van der Waals surface area contributed by atoms with Gasteiger partial charge in [-0.1, -0.05) is 11.3 Å². The highest BCUT2D eigenvalue weighted by Gasteiger charge is 2.00. The number of nitrogens with zero attached hydrogens (tertiary/aromatic N) is 1. The van der Waals surface area contributed by atoms with Gasteiger partial charge in [-0.05, 0) is 0 Å². The van der Waals surface area contributed by atoms with E-state index in [0.29, 0.717) is 0 Å². The van der Waals surface area contributed by atoms with Gasteiger partial charge >= 0.3 is 0 Å². The van der Waals surface area contributed by atoms with E-state index in [9.17, 15) is 0 Å². The Hall–Kier alpha value is -0.570. The minimum Gasteiger partial charge on any atom is -0.284 e. The monoisotopic (exact) mass is 116 g/mol. The van der Waals surface area contributed by atoms with E-state index in [1.807, 2.05) is 12.3 Å². The van der Waals surface area contributed by atoms with Crippen LogP contribution in [0.4, 0.5) is 0 Å². The van der Waals surface area contributed by atoms with Gasteiger partial charge in [0.25, 0.3) is 5.01 Å². The van der Waals surface area contributed by atoms with Crippen molar-refractivity contribution in [2.75, 3.05) is 0 Å². The van der Waals surface area contributed by atoms with Gasteiger partial charge in [0, 0.05) is 11.7 Å². The van der Waals surface area contributed by atoms with Crippen molar-refractivity contribution in [1.82, 2.24) is 0 Å². The van der Waals surface area contributed by atoms with Crippen molar-refractivity contribution in [3.63, 3.8) is 0 Å². The molecule has 1 aromatic rings. The van der Waals surface area contributed by atoms with E-state index in [2.05, 4.69) is 0 Å². The molecule has 0 spiro atoms. The summed E-state index contributed by atoms with van der Waals surface area (Å²) in [4.78, 5) is 0. The standard InChI is InChI=1S/C4H6NOS/c1-4-5(6)2-3-7-4/h2-3,6H,1H3/q+1. The number of rotatable bonds is 0. The van der Waals surface area contributed by atoms with Gasteiger partial charge in [-0.3, -0.25) is 5.21 Å². The van der Waals surface area contributed by atoms with Gasteiger partial charge in [0.05, 0.1) is 5.38 Å². The fraction of sp³-hybridized carbons (Fsp3) is 0.250. The van der Waals surface area contributed by atoms with E-state index in [-0.39, 0.29) is 0 Å². The maximum Gasteiger partial charge on any atom is 0.285 e. The molecule has 1 N–H and O–H groups in total. The van der Waals surface area contributed by atoms with Crippen molar-refractivity contribution in [1.29, 1.82) is 0 Å². The highest BCUT2D eigenvalue weighted by Crippen LogP contribution is 1.95. The molecule has 1 rings (SSSR count). The molecule has 0 atom stereocenters. The molecule has 0 aliphatic carbocycles. The van der Waals surface area contributed by atoms with Crippen molar-refractivity contribution in [3.05, 3.63) is 16.6 Å². The number of hydrogen-bond donors (Lipinski definition) is 1. The van der Waals surface area contributed by atoms with E-state index in [1.54, 1.807) is 6.20 Å². The second-order valence-corrected chi connectivity index (χ2v) is 2.37. The second-order valence-electron chi connectivity index (χ2n) is 1.27. The Morgan fingerprint density at radius 3 is 2.71 bits per heavy atom. The van der Waals surface area contributed by atoms with Crippen LogP contribution in [-0.2, 0) is 0 Å². The lowest BCUT2D eigenvalue weighted by molar-refractivity contribution is -0.905. The molecule has 0 saturated carbocycles. The summed E-state index contributed by atoms with van der Waals surface area (Å²) in [6.45, 7) is 1.85. The molecule has 0 unspecified atom stereocenters. The van der Waals surface area contributed by atoms with Gasteiger partial charge in [-0.15, -0.1) is 0 Å². The summed E-state index contributed by atoms with van der Waals surface area (Å²) < 4.78 is 1.10. The van der Waals surface area contributed by atoms with Crippen molar-refractivity contribution in [3.8, 4) is 0 Å². The summed E-state index contributed by atoms with van der Waals surface area (Å²) in [5.74, 6) is 0. The lowest BCUT2D eigenvalue weighted by atomic mass is 10.8. The number of thiazole rings is 1. The van der Waals surface area contributed by atoms with Crippen LogP contribution in [0, 0.1) is 6.92 Å². The summed E-state index contributed by atoms with van der Waals surface area (Å²) in [5.41, 5.74) is 0. The Bertz CT molecular complexity index is 144. The second kappa shape index (κ2) is 1.50. The van der Waals surface area contributed by atoms with Crippen molar-refractivity contribution < 1.29 is 9.94 Å². The third-order valence-corrected chi connectivity index (χ3v) is 1.55. The first-order chi connectivity index (χ1) is 3.30. The first-order valence-electron chi connectivity index (χ1n) is 1.95. The molecule has 2 nitrogen and oxygen atoms in total. The summed E-state index contributed by atoms with van der Waals surface area (Å²) >= 11 is 1.52. The SMILES string of the molecule is Cc1scc[n+]1O. The molecule has 0 aromatic carbocycles. The molecule has 1 heterocycles. The molecule has 0 amide bonds. The molecule has 0 fully saturated rings. The first-order valence-corrected chi connectivity index (χ1v) is 2.83. The van der Waals surface area contributed by atoms with Crippen molar-refractivity contribution >= 4 is 11.3 Å². The average molecular weight is 116 g/mol. The predicted octanol–water partition coefficient (Wildman–Crippen LogP) is 0.581. The van der Waals surface area contributed by atoms with E-state index in [0.717, 1.165) is 9.74 Å². The van der Waals surface area contributed by atoms with Crippen LogP contribution in [0.3, 0.4) is 0 Å². The molecule has 7 heavy (non-hydrogen) atoms. The molecule has 1 aromatic heterocycles. The fourth-order valence-electron chi connectivity index (χ4n) is 0.346. The van der Waals surface area contributed by atoms with Crippen LogP contribution in [0.1, 0.15) is 5.01 Å². The maximum atomic E-state index is 8.69. The Balaban J connectivity index is 3.12. The predicted molar refractivity (Wildman–Crippen MR) is 26.4 cm³/mol. The van der Waals surface area contributed by atoms with Crippen LogP contribution in [-0.4, -0.2) is 5.21 Å². The molecule has 38 valence electrons. The van der Waals surface area contributed by atoms with Crippen LogP contribution in [0.2, 0.25) is 0 Å². The summed E-state index contributed by atoms with van der Waals surface area (Å²) in [6, 6.07) is 0. The molecular weight excluding hydrogens is 110 g/mol. The maximum absolute atomic E-state index is 8.69. The Labute approximate surface area is 45.6 Å². The molecule has 0 aliphatic heterocycles. The summed E-state index contributed by atoms with van der Waals surface area (Å²) in [6.07, 6.45) is 1.61. The molecule has 0 radical (unpaired) electrons. The molecule has 0 bridgehead atoms. The lowest BCUT2D eigenvalue weighted by Gasteiger charge is -1.70. The third-order valence-electron chi connectivity index (χ3n) is 0.763. The Kier molecular flexibility index (Phi) is 0.982. The minimum absolute atomic E-state index is 0.903. The van der Waals surface area contributed by atoms with Crippen LogP contribution in [0.5, 0.6) is 0 Å². The third kappa shape index (κ3) is 0.718. The van der Waals surface area contributed by atoms with E-state index < -0.39 is 0 Å². The zero-order chi connectivity index (χ0) is 5.28. The van der Waals surface area contributed by atoms with E-state index in [1.165, 1.54) is 11.3 Å². The van der Waals surface area contributed by atoms with E-state index in [4.69, 9.17) is 5.21 Å². The highest BCUT2D eigenvalue weighted by atomic mass is 32.1. The molecule has 0 aliphatic rings. The normalized spacial score (nSPS) is 9.29. The van der Waals surface area contributed by atoms with Crippen LogP contribution in [0.15, 0.2) is 11.6 Å². The minimum atomic E-state index is 0.903. The summed E-state index contributed by atoms with van der Waals surface area (Å²) in [5, 5.41) is 11.4. The quantitative estimate of drug-likeness (QED) is 0.389. The Morgan fingerprint density at radius 2 is 2.57 bits per heavy atom. The number of aryl methyl sites for hydroxylation is 1. The highest BCUT2D eigenvalue weighted by molar-refractivity contribution is 7.09. The first kappa shape index (κ1) is 4.59. The van der Waals surface area contributed by atoms with Gasteiger partial charge in [0.2, 0.25) is 6.20 Å². The fourth-order valence-corrected chi connectivity index (χ4v) is 0.887. The topological polar surface area (TPSA) is 24.1 Å². The van der Waals surface area contributed by atoms with Gasteiger partial charge in [-0.2, -0.15) is 0 Å². The van der Waals surface area contributed by atoms with E-state index >= 15 is 0 Å². The van der Waals surface area contributed by atoms with Crippen molar-refractivity contribution in [2.45, 2.75) is 6.92 Å². The van der Waals surface area contributed by atoms with Crippen LogP contribution < -0.4 is 4.73 Å². The zero-order valence-corrected chi connectivity index (χ0v) is 4.77. The zero-order valence-electron chi connectivity index (χ0n) is 3.96. The molecule has 3 heteroatoms. The smallest absolute Gasteiger partial charge is 0.284 e. The summed E-state index contributed by atoms with van der Waals surface area (Å²) in [7, 11) is 0. The lowest BCUT2D eigenvalue weighted by Crippen LogP contribution is -2.28. The van der Waals surface area contributed by atoms with Crippen LogP contribution >= 0.6 is 11.3 Å².